The smallest absolute Gasteiger partial charge is 0.121 e. The van der Waals surface area contributed by atoms with Gasteiger partial charge in [0.2, 0.25) is 0 Å². The number of aromatic nitrogens is 2. The Bertz CT molecular complexity index is 3220. The molecule has 3 heterocycles. The minimum atomic E-state index is -2.56. The average Bonchev–Trinajstić information content (AvgIpc) is 3.67. The van der Waals surface area contributed by atoms with Crippen LogP contribution in [0.4, 0.5) is 0 Å². The van der Waals surface area contributed by atoms with E-state index in [4.69, 9.17) is 22.2 Å². The Morgan fingerprint density at radius 2 is 1.47 bits per heavy atom. The van der Waals surface area contributed by atoms with Crippen molar-refractivity contribution in [2.24, 2.45) is 0 Å². The number of fused-ring (bicyclic) bond motifs is 6. The molecule has 6 aromatic carbocycles. The molecule has 0 aliphatic heterocycles. The van der Waals surface area contributed by atoms with Gasteiger partial charge in [-0.15, -0.1) is 53.6 Å². The summed E-state index contributed by atoms with van der Waals surface area (Å²) in [5, 5.41) is 6.22. The van der Waals surface area contributed by atoms with Crippen LogP contribution in [-0.2, 0) is 20.1 Å². The van der Waals surface area contributed by atoms with Crippen molar-refractivity contribution in [3.05, 3.63) is 168 Å². The number of furan rings is 1. The van der Waals surface area contributed by atoms with Gasteiger partial charge in [0.1, 0.15) is 5.58 Å². The Balaban J connectivity index is 0.000000274. The second-order valence-corrected chi connectivity index (χ2v) is 13.2. The predicted octanol–water partition coefficient (Wildman–Crippen LogP) is 14.1. The molecule has 9 aromatic rings. The van der Waals surface area contributed by atoms with Gasteiger partial charge in [0.05, 0.1) is 5.58 Å². The van der Waals surface area contributed by atoms with Crippen molar-refractivity contribution < 1.29 is 42.3 Å². The van der Waals surface area contributed by atoms with Crippen LogP contribution in [-0.4, -0.2) is 9.97 Å². The first-order valence-electron chi connectivity index (χ1n) is 24.3. The van der Waals surface area contributed by atoms with Gasteiger partial charge in [-0.1, -0.05) is 104 Å². The largest absolute Gasteiger partial charge is 0.501 e. The first kappa shape index (κ1) is 24.9. The second-order valence-electron chi connectivity index (χ2n) is 13.2. The van der Waals surface area contributed by atoms with Crippen molar-refractivity contribution in [1.82, 2.24) is 9.97 Å². The van der Waals surface area contributed by atoms with Gasteiger partial charge >= 0.3 is 0 Å². The van der Waals surface area contributed by atoms with Gasteiger partial charge in [-0.2, -0.15) is 0 Å². The fraction of sp³-hybridized carbons (Fsp3) is 0.176. The summed E-state index contributed by atoms with van der Waals surface area (Å²) in [4.78, 5) is 8.65. The van der Waals surface area contributed by atoms with E-state index in [9.17, 15) is 0 Å². The normalized spacial score (nSPS) is 15.9. The third-order valence-corrected chi connectivity index (χ3v) is 9.88. The number of rotatable bonds is 6. The molecular weight excluding hydrogens is 849 g/mol. The van der Waals surface area contributed by atoms with Crippen LogP contribution < -0.4 is 0 Å². The van der Waals surface area contributed by atoms with Crippen LogP contribution in [0.5, 0.6) is 0 Å². The number of hydrogen-bond donors (Lipinski definition) is 0. The minimum Gasteiger partial charge on any atom is -0.501 e. The van der Waals surface area contributed by atoms with E-state index < -0.39 is 33.3 Å². The Labute approximate surface area is 356 Å². The molecular formula is C51H44IrN2O-2. The average molecular weight is 906 g/mol. The van der Waals surface area contributed by atoms with E-state index in [1.54, 1.807) is 42.5 Å². The maximum Gasteiger partial charge on any atom is 0.121 e. The van der Waals surface area contributed by atoms with E-state index >= 15 is 0 Å². The van der Waals surface area contributed by atoms with Crippen LogP contribution in [0.3, 0.4) is 0 Å². The topological polar surface area (TPSA) is 38.9 Å². The molecule has 3 nitrogen and oxygen atoms in total. The van der Waals surface area contributed by atoms with Gasteiger partial charge in [-0.3, -0.25) is 0 Å². The van der Waals surface area contributed by atoms with E-state index in [1.807, 2.05) is 32.0 Å². The van der Waals surface area contributed by atoms with Crippen LogP contribution in [0.2, 0.25) is 0 Å². The fourth-order valence-electron chi connectivity index (χ4n) is 7.04. The molecule has 0 saturated heterocycles. The summed E-state index contributed by atoms with van der Waals surface area (Å²) in [5.74, 6) is -0.961. The molecule has 0 atom stereocenters. The van der Waals surface area contributed by atoms with Crippen LogP contribution in [0.15, 0.2) is 132 Å². The molecule has 0 unspecified atom stereocenters. The molecule has 55 heavy (non-hydrogen) atoms. The van der Waals surface area contributed by atoms with E-state index in [-0.39, 0.29) is 53.5 Å². The summed E-state index contributed by atoms with van der Waals surface area (Å²) in [6.07, 6.45) is 3.62. The third-order valence-electron chi connectivity index (χ3n) is 9.88. The Kier molecular flexibility index (Phi) is 7.30. The van der Waals surface area contributed by atoms with Crippen molar-refractivity contribution in [3.8, 4) is 33.6 Å². The van der Waals surface area contributed by atoms with E-state index in [2.05, 4.69) is 58.5 Å². The molecule has 0 aliphatic carbocycles. The summed E-state index contributed by atoms with van der Waals surface area (Å²) < 4.78 is 109. The molecule has 0 aliphatic rings. The Hall–Kier alpha value is -5.41. The molecule has 0 spiro atoms. The van der Waals surface area contributed by atoms with Crippen molar-refractivity contribution in [3.63, 3.8) is 0 Å². The minimum absolute atomic E-state index is 0. The maximum absolute atomic E-state index is 8.93. The molecule has 4 heteroatoms. The first-order valence-corrected chi connectivity index (χ1v) is 17.8. The zero-order valence-electron chi connectivity index (χ0n) is 43.2. The summed E-state index contributed by atoms with van der Waals surface area (Å²) in [5.41, 5.74) is 4.80. The second kappa shape index (κ2) is 16.1. The fourth-order valence-corrected chi connectivity index (χ4v) is 7.04. The summed E-state index contributed by atoms with van der Waals surface area (Å²) in [7, 11) is 0. The number of nitrogens with zero attached hydrogens (tertiary/aromatic N) is 2. The molecule has 0 N–H and O–H groups in total. The molecule has 0 amide bonds. The monoisotopic (exact) mass is 906 g/mol. The van der Waals surface area contributed by atoms with Gasteiger partial charge < -0.3 is 14.4 Å². The van der Waals surface area contributed by atoms with Gasteiger partial charge in [-0.25, -0.2) is 0 Å². The first-order chi connectivity index (χ1) is 31.5. The van der Waals surface area contributed by atoms with Gasteiger partial charge in [0.15, 0.2) is 0 Å². The number of pyridine rings is 2. The van der Waals surface area contributed by atoms with Crippen molar-refractivity contribution in [1.29, 1.82) is 0 Å². The van der Waals surface area contributed by atoms with Crippen molar-refractivity contribution >= 4 is 43.5 Å². The number of aryl methyl sites for hydroxylation is 4. The van der Waals surface area contributed by atoms with Crippen molar-refractivity contribution in [2.75, 3.05) is 0 Å². The molecule has 0 fully saturated rings. The third kappa shape index (κ3) is 7.50. The van der Waals surface area contributed by atoms with E-state index in [0.29, 0.717) is 52.1 Å². The number of hydrogen-bond acceptors (Lipinski definition) is 3. The molecule has 0 bridgehead atoms. The van der Waals surface area contributed by atoms with Gasteiger partial charge in [-0.05, 0) is 118 Å². The van der Waals surface area contributed by atoms with Gasteiger partial charge in [0.25, 0.3) is 0 Å². The molecule has 1 radical (unpaired) electrons. The Morgan fingerprint density at radius 1 is 0.655 bits per heavy atom. The van der Waals surface area contributed by atoms with E-state index in [0.717, 1.165) is 32.3 Å². The zero-order chi connectivity index (χ0) is 48.3. The standard InChI is InChI=1S/C38H32NO.C13H12N.Ir/c1-5-25(6-2)27-16-17-29(23(3)18-27)33-20-36(39-22-24(33)4)32-13-9-12-31-35-19-28-15-14-26-10-7-8-11-30(26)34(28)21-37(35)40-38(31)32;1-10-3-6-12(7-4-10)13-8-5-11(2)9-14-13;/h7-12,14-22,25H,5-6H2,1-4H3;3-6,8-9H,1-2H3;/q2*-1;/i3D3,4D3,25D;1D3,2D3;. The van der Waals surface area contributed by atoms with E-state index in [1.165, 1.54) is 30.6 Å². The quantitative estimate of drug-likeness (QED) is 0.123. The maximum atomic E-state index is 8.93. The summed E-state index contributed by atoms with van der Waals surface area (Å²) >= 11 is 0. The Morgan fingerprint density at radius 3 is 2.24 bits per heavy atom. The van der Waals surface area contributed by atoms with Crippen molar-refractivity contribution in [2.45, 2.75) is 60.0 Å². The predicted molar refractivity (Wildman–Crippen MR) is 227 cm³/mol. The van der Waals surface area contributed by atoms with Gasteiger partial charge in [0, 0.05) is 55.7 Å². The summed E-state index contributed by atoms with van der Waals surface area (Å²) in [6.45, 7) is -5.65. The zero-order valence-corrected chi connectivity index (χ0v) is 32.6. The summed E-state index contributed by atoms with van der Waals surface area (Å²) in [6, 6.07) is 40.6. The SMILES string of the molecule is [2H]C([2H])([2H])c1c[c-]c(-c2ccc(C([2H])([2H])[2H])cn2)cc1.[2H]C([2H])([2H])c1cnc(-c2[c-]ccc3c2oc2cc4c(ccc5ccccc54)cc23)cc1-c1ccc(C([2H])(CC)CC)cc1C([2H])([2H])[2H].[Ir]. The van der Waals surface area contributed by atoms with Crippen LogP contribution in [0.1, 0.15) is 78.2 Å². The molecule has 3 aromatic heterocycles. The molecule has 0 saturated carbocycles. The van der Waals surface area contributed by atoms with Crippen LogP contribution >= 0.6 is 0 Å². The molecule has 275 valence electrons. The van der Waals surface area contributed by atoms with Crippen LogP contribution in [0, 0.1) is 39.5 Å². The van der Waals surface area contributed by atoms with Crippen LogP contribution in [0.25, 0.3) is 77.1 Å². The number of benzene rings is 6. The molecule has 9 rings (SSSR count).